The van der Waals surface area contributed by atoms with Crippen LogP contribution >= 0.6 is 11.6 Å². The smallest absolute Gasteiger partial charge is 0.248 e. The standard InChI is InChI=1S/C23H26ClN3O2/c1-2-6-23(29)27-15-13-26(14-16-27)21-11-10-19(24)17-20(21)25-22(28)12-9-18-7-4-3-5-8-18/h3-5,7-12,17H,2,6,13-16H2,1H3,(H,25,28)/b12-9+. The predicted octanol–water partition coefficient (Wildman–Crippen LogP) is 4.44. The normalized spacial score (nSPS) is 14.3. The van der Waals surface area contributed by atoms with Crippen LogP contribution in [0.25, 0.3) is 6.08 Å². The number of nitrogens with one attached hydrogen (secondary N) is 1. The topological polar surface area (TPSA) is 52.7 Å². The zero-order valence-corrected chi connectivity index (χ0v) is 17.4. The molecule has 1 aliphatic rings. The van der Waals surface area contributed by atoms with Crippen molar-refractivity contribution < 1.29 is 9.59 Å². The molecule has 2 aromatic rings. The zero-order chi connectivity index (χ0) is 20.6. The van der Waals surface area contributed by atoms with Crippen LogP contribution in [0, 0.1) is 0 Å². The van der Waals surface area contributed by atoms with E-state index in [0.717, 1.165) is 30.8 Å². The minimum atomic E-state index is -0.214. The van der Waals surface area contributed by atoms with E-state index in [1.54, 1.807) is 12.1 Å². The molecule has 1 fully saturated rings. The molecule has 0 atom stereocenters. The molecule has 5 nitrogen and oxygen atoms in total. The number of piperazine rings is 1. The lowest BCUT2D eigenvalue weighted by atomic mass is 10.2. The van der Waals surface area contributed by atoms with Crippen molar-refractivity contribution in [2.75, 3.05) is 36.4 Å². The molecule has 1 aliphatic heterocycles. The highest BCUT2D eigenvalue weighted by Crippen LogP contribution is 2.30. The Kier molecular flexibility index (Phi) is 7.30. The van der Waals surface area contributed by atoms with Gasteiger partial charge in [0.2, 0.25) is 11.8 Å². The van der Waals surface area contributed by atoms with Crippen LogP contribution in [0.1, 0.15) is 25.3 Å². The van der Waals surface area contributed by atoms with Gasteiger partial charge in [-0.2, -0.15) is 0 Å². The molecule has 0 bridgehead atoms. The summed E-state index contributed by atoms with van der Waals surface area (Å²) >= 11 is 6.17. The Hall–Kier alpha value is -2.79. The van der Waals surface area contributed by atoms with Gasteiger partial charge in [-0.25, -0.2) is 0 Å². The fourth-order valence-electron chi connectivity index (χ4n) is 3.36. The molecule has 1 N–H and O–H groups in total. The molecule has 3 rings (SSSR count). The van der Waals surface area contributed by atoms with E-state index in [0.29, 0.717) is 30.2 Å². The fraction of sp³-hybridized carbons (Fsp3) is 0.304. The SMILES string of the molecule is CCCC(=O)N1CCN(c2ccc(Cl)cc2NC(=O)/C=C/c2ccccc2)CC1. The third-order valence-corrected chi connectivity index (χ3v) is 5.12. The van der Waals surface area contributed by atoms with Crippen molar-refractivity contribution in [2.24, 2.45) is 0 Å². The summed E-state index contributed by atoms with van der Waals surface area (Å²) in [4.78, 5) is 28.6. The summed E-state index contributed by atoms with van der Waals surface area (Å²) < 4.78 is 0. The first-order valence-electron chi connectivity index (χ1n) is 9.93. The van der Waals surface area contributed by atoms with Crippen LogP contribution in [0.2, 0.25) is 5.02 Å². The van der Waals surface area contributed by atoms with Crippen molar-refractivity contribution in [3.8, 4) is 0 Å². The highest BCUT2D eigenvalue weighted by atomic mass is 35.5. The Balaban J connectivity index is 1.68. The van der Waals surface area contributed by atoms with Gasteiger partial charge in [0, 0.05) is 43.7 Å². The van der Waals surface area contributed by atoms with E-state index in [-0.39, 0.29) is 11.8 Å². The van der Waals surface area contributed by atoms with Gasteiger partial charge in [0.25, 0.3) is 0 Å². The number of rotatable bonds is 6. The number of halogens is 1. The van der Waals surface area contributed by atoms with Crippen molar-refractivity contribution in [3.05, 3.63) is 65.2 Å². The Labute approximate surface area is 177 Å². The summed E-state index contributed by atoms with van der Waals surface area (Å²) in [6.45, 7) is 4.83. The average Bonchev–Trinajstić information content (AvgIpc) is 2.73. The number of amides is 2. The van der Waals surface area contributed by atoms with Crippen molar-refractivity contribution >= 4 is 40.9 Å². The second-order valence-corrected chi connectivity index (χ2v) is 7.45. The Morgan fingerprint density at radius 3 is 2.48 bits per heavy atom. The van der Waals surface area contributed by atoms with Gasteiger partial charge in [0.15, 0.2) is 0 Å². The molecule has 6 heteroatoms. The number of hydrogen-bond acceptors (Lipinski definition) is 3. The highest BCUT2D eigenvalue weighted by molar-refractivity contribution is 6.31. The van der Waals surface area contributed by atoms with E-state index in [1.807, 2.05) is 54.3 Å². The van der Waals surface area contributed by atoms with Crippen molar-refractivity contribution in [1.29, 1.82) is 0 Å². The van der Waals surface area contributed by atoms with Gasteiger partial charge in [0.1, 0.15) is 0 Å². The first-order chi connectivity index (χ1) is 14.1. The van der Waals surface area contributed by atoms with Gasteiger partial charge < -0.3 is 15.1 Å². The van der Waals surface area contributed by atoms with E-state index >= 15 is 0 Å². The molecule has 0 spiro atoms. The molecule has 0 aliphatic carbocycles. The Morgan fingerprint density at radius 1 is 1.07 bits per heavy atom. The second-order valence-electron chi connectivity index (χ2n) is 7.01. The predicted molar refractivity (Wildman–Crippen MR) is 119 cm³/mol. The van der Waals surface area contributed by atoms with Crippen molar-refractivity contribution in [3.63, 3.8) is 0 Å². The summed E-state index contributed by atoms with van der Waals surface area (Å²) in [5.74, 6) is -0.00281. The fourth-order valence-corrected chi connectivity index (χ4v) is 3.54. The van der Waals surface area contributed by atoms with Crippen LogP contribution in [0.5, 0.6) is 0 Å². The molecule has 0 radical (unpaired) electrons. The molecular formula is C23H26ClN3O2. The highest BCUT2D eigenvalue weighted by Gasteiger charge is 2.22. The first-order valence-corrected chi connectivity index (χ1v) is 10.3. The van der Waals surface area contributed by atoms with E-state index in [1.165, 1.54) is 6.08 Å². The van der Waals surface area contributed by atoms with Crippen molar-refractivity contribution in [1.82, 2.24) is 4.90 Å². The zero-order valence-electron chi connectivity index (χ0n) is 16.6. The molecule has 2 amide bonds. The summed E-state index contributed by atoms with van der Waals surface area (Å²) in [7, 11) is 0. The number of carbonyl (C=O) groups excluding carboxylic acids is 2. The number of nitrogens with zero attached hydrogens (tertiary/aromatic N) is 2. The summed E-state index contributed by atoms with van der Waals surface area (Å²) in [6, 6.07) is 15.2. The van der Waals surface area contributed by atoms with E-state index in [2.05, 4.69) is 10.2 Å². The summed E-state index contributed by atoms with van der Waals surface area (Å²) in [5, 5.41) is 3.50. The number of benzene rings is 2. The lowest BCUT2D eigenvalue weighted by Gasteiger charge is -2.37. The van der Waals surface area contributed by atoms with Crippen LogP contribution in [-0.4, -0.2) is 42.9 Å². The van der Waals surface area contributed by atoms with Gasteiger partial charge in [-0.15, -0.1) is 0 Å². The molecule has 1 saturated heterocycles. The Bertz CT molecular complexity index is 875. The largest absolute Gasteiger partial charge is 0.366 e. The molecule has 1 heterocycles. The molecule has 0 saturated carbocycles. The third-order valence-electron chi connectivity index (χ3n) is 4.88. The van der Waals surface area contributed by atoms with Gasteiger partial charge in [-0.05, 0) is 36.3 Å². The summed E-state index contributed by atoms with van der Waals surface area (Å²) in [6.07, 6.45) is 4.75. The maximum absolute atomic E-state index is 12.4. The van der Waals surface area contributed by atoms with E-state index in [4.69, 9.17) is 11.6 Å². The van der Waals surface area contributed by atoms with Crippen LogP contribution in [0.3, 0.4) is 0 Å². The molecule has 152 valence electrons. The molecule has 0 aromatic heterocycles. The number of carbonyl (C=O) groups is 2. The van der Waals surface area contributed by atoms with Crippen LogP contribution in [0.4, 0.5) is 11.4 Å². The quantitative estimate of drug-likeness (QED) is 0.715. The van der Waals surface area contributed by atoms with Crippen LogP contribution in [-0.2, 0) is 9.59 Å². The van der Waals surface area contributed by atoms with Crippen LogP contribution < -0.4 is 10.2 Å². The van der Waals surface area contributed by atoms with E-state index < -0.39 is 0 Å². The maximum Gasteiger partial charge on any atom is 0.248 e. The third kappa shape index (κ3) is 5.84. The lowest BCUT2D eigenvalue weighted by molar-refractivity contribution is -0.131. The van der Waals surface area contributed by atoms with Gasteiger partial charge in [-0.3, -0.25) is 9.59 Å². The molecular weight excluding hydrogens is 386 g/mol. The number of hydrogen-bond donors (Lipinski definition) is 1. The first kappa shape index (κ1) is 20.9. The van der Waals surface area contributed by atoms with E-state index in [9.17, 15) is 9.59 Å². The van der Waals surface area contributed by atoms with Crippen molar-refractivity contribution in [2.45, 2.75) is 19.8 Å². The maximum atomic E-state index is 12.4. The molecule has 0 unspecified atom stereocenters. The van der Waals surface area contributed by atoms with Crippen LogP contribution in [0.15, 0.2) is 54.6 Å². The second kappa shape index (κ2) is 10.1. The van der Waals surface area contributed by atoms with Gasteiger partial charge >= 0.3 is 0 Å². The minimum Gasteiger partial charge on any atom is -0.366 e. The monoisotopic (exact) mass is 411 g/mol. The Morgan fingerprint density at radius 2 is 1.79 bits per heavy atom. The lowest BCUT2D eigenvalue weighted by Crippen LogP contribution is -2.48. The number of anilines is 2. The molecule has 2 aromatic carbocycles. The average molecular weight is 412 g/mol. The summed E-state index contributed by atoms with van der Waals surface area (Å²) in [5.41, 5.74) is 2.55. The minimum absolute atomic E-state index is 0.211. The van der Waals surface area contributed by atoms with Gasteiger partial charge in [-0.1, -0.05) is 48.9 Å². The molecule has 29 heavy (non-hydrogen) atoms. The van der Waals surface area contributed by atoms with Gasteiger partial charge in [0.05, 0.1) is 11.4 Å².